The first kappa shape index (κ1) is 7.94. The lowest BCUT2D eigenvalue weighted by atomic mass is 10.2. The van der Waals surface area contributed by atoms with Gasteiger partial charge in [0.15, 0.2) is 6.39 Å². The first-order valence-corrected chi connectivity index (χ1v) is 3.93. The number of pyridine rings is 1. The van der Waals surface area contributed by atoms with Gasteiger partial charge in [0.2, 0.25) is 0 Å². The standard InChI is InChI=1S/C9H9N3O/c10-4-8-3-7(1-2-11-8)9-5-13-6-12-9/h1-3,5-6H,4,10H2. The fourth-order valence-corrected chi connectivity index (χ4v) is 1.10. The van der Waals surface area contributed by atoms with Crippen LogP contribution in [0.2, 0.25) is 0 Å². The van der Waals surface area contributed by atoms with E-state index in [2.05, 4.69) is 9.97 Å². The minimum absolute atomic E-state index is 0.436. The molecule has 0 aliphatic carbocycles. The zero-order chi connectivity index (χ0) is 9.10. The number of oxazole rings is 1. The Bertz CT molecular complexity index is 384. The minimum atomic E-state index is 0.436. The average Bonchev–Trinajstić information content (AvgIpc) is 2.71. The van der Waals surface area contributed by atoms with Crippen LogP contribution in [-0.4, -0.2) is 9.97 Å². The molecule has 13 heavy (non-hydrogen) atoms. The summed E-state index contributed by atoms with van der Waals surface area (Å²) in [5, 5.41) is 0. The van der Waals surface area contributed by atoms with Crippen molar-refractivity contribution in [2.45, 2.75) is 6.54 Å². The van der Waals surface area contributed by atoms with Crippen molar-refractivity contribution in [1.29, 1.82) is 0 Å². The monoisotopic (exact) mass is 175 g/mol. The molecule has 0 unspecified atom stereocenters. The quantitative estimate of drug-likeness (QED) is 0.744. The van der Waals surface area contributed by atoms with Crippen LogP contribution in [0.25, 0.3) is 11.3 Å². The molecule has 0 fully saturated rings. The fraction of sp³-hybridized carbons (Fsp3) is 0.111. The van der Waals surface area contributed by atoms with Gasteiger partial charge in [-0.1, -0.05) is 0 Å². The number of hydrogen-bond acceptors (Lipinski definition) is 4. The molecule has 4 nitrogen and oxygen atoms in total. The summed E-state index contributed by atoms with van der Waals surface area (Å²) in [5.74, 6) is 0. The van der Waals surface area contributed by atoms with Crippen molar-refractivity contribution in [1.82, 2.24) is 9.97 Å². The van der Waals surface area contributed by atoms with E-state index in [0.29, 0.717) is 6.54 Å². The van der Waals surface area contributed by atoms with Gasteiger partial charge in [-0.2, -0.15) is 0 Å². The highest BCUT2D eigenvalue weighted by molar-refractivity contribution is 5.57. The Kier molecular flexibility index (Phi) is 2.06. The maximum absolute atomic E-state index is 5.47. The van der Waals surface area contributed by atoms with Crippen molar-refractivity contribution < 1.29 is 4.42 Å². The van der Waals surface area contributed by atoms with Crippen molar-refractivity contribution in [3.05, 3.63) is 36.7 Å². The molecule has 0 bridgehead atoms. The van der Waals surface area contributed by atoms with Gasteiger partial charge in [-0.15, -0.1) is 0 Å². The molecule has 2 heterocycles. The normalized spacial score (nSPS) is 10.2. The second-order valence-electron chi connectivity index (χ2n) is 2.61. The maximum atomic E-state index is 5.47. The molecule has 2 rings (SSSR count). The van der Waals surface area contributed by atoms with Crippen molar-refractivity contribution in [2.24, 2.45) is 5.73 Å². The Morgan fingerprint density at radius 2 is 2.31 bits per heavy atom. The highest BCUT2D eigenvalue weighted by Crippen LogP contribution is 2.16. The molecular formula is C9H9N3O. The molecule has 0 saturated heterocycles. The molecule has 0 radical (unpaired) electrons. The van der Waals surface area contributed by atoms with Crippen LogP contribution in [0.15, 0.2) is 35.4 Å². The van der Waals surface area contributed by atoms with Crippen LogP contribution in [0.5, 0.6) is 0 Å². The zero-order valence-electron chi connectivity index (χ0n) is 6.97. The molecule has 0 aromatic carbocycles. The SMILES string of the molecule is NCc1cc(-c2cocn2)ccn1. The lowest BCUT2D eigenvalue weighted by Crippen LogP contribution is -1.98. The summed E-state index contributed by atoms with van der Waals surface area (Å²) >= 11 is 0. The Morgan fingerprint density at radius 3 is 3.00 bits per heavy atom. The summed E-state index contributed by atoms with van der Waals surface area (Å²) < 4.78 is 4.88. The second kappa shape index (κ2) is 3.37. The third-order valence-electron chi connectivity index (χ3n) is 1.75. The zero-order valence-corrected chi connectivity index (χ0v) is 6.97. The summed E-state index contributed by atoms with van der Waals surface area (Å²) in [6.07, 6.45) is 4.71. The minimum Gasteiger partial charge on any atom is -0.451 e. The molecule has 66 valence electrons. The molecule has 0 saturated carbocycles. The topological polar surface area (TPSA) is 64.9 Å². The average molecular weight is 175 g/mol. The largest absolute Gasteiger partial charge is 0.451 e. The summed E-state index contributed by atoms with van der Waals surface area (Å²) in [6, 6.07) is 3.77. The Balaban J connectivity index is 2.41. The lowest BCUT2D eigenvalue weighted by Gasteiger charge is -1.98. The molecule has 2 aromatic rings. The molecule has 2 aromatic heterocycles. The molecule has 4 heteroatoms. The summed E-state index contributed by atoms with van der Waals surface area (Å²) in [6.45, 7) is 0.436. The predicted molar refractivity (Wildman–Crippen MR) is 47.6 cm³/mol. The molecule has 0 aliphatic rings. The maximum Gasteiger partial charge on any atom is 0.181 e. The molecular weight excluding hydrogens is 166 g/mol. The van der Waals surface area contributed by atoms with Gasteiger partial charge in [0.1, 0.15) is 12.0 Å². The molecule has 0 aliphatic heterocycles. The van der Waals surface area contributed by atoms with Crippen molar-refractivity contribution in [3.8, 4) is 11.3 Å². The van der Waals surface area contributed by atoms with Gasteiger partial charge in [-0.25, -0.2) is 4.98 Å². The number of nitrogens with two attached hydrogens (primary N) is 1. The summed E-state index contributed by atoms with van der Waals surface area (Å²) in [5.41, 5.74) is 8.09. The fourth-order valence-electron chi connectivity index (χ4n) is 1.10. The van der Waals surface area contributed by atoms with E-state index in [-0.39, 0.29) is 0 Å². The Hall–Kier alpha value is -1.68. The number of nitrogens with zero attached hydrogens (tertiary/aromatic N) is 2. The number of rotatable bonds is 2. The van der Waals surface area contributed by atoms with Crippen molar-refractivity contribution >= 4 is 0 Å². The highest BCUT2D eigenvalue weighted by Gasteiger charge is 2.01. The molecule has 2 N–H and O–H groups in total. The lowest BCUT2D eigenvalue weighted by molar-refractivity contribution is 0.558. The van der Waals surface area contributed by atoms with Gasteiger partial charge < -0.3 is 10.2 Å². The predicted octanol–water partition coefficient (Wildman–Crippen LogP) is 1.20. The summed E-state index contributed by atoms with van der Waals surface area (Å²) in [7, 11) is 0. The molecule has 0 amide bonds. The van der Waals surface area contributed by atoms with Gasteiger partial charge in [0.25, 0.3) is 0 Å². The Labute approximate surface area is 75.4 Å². The summed E-state index contributed by atoms with van der Waals surface area (Å²) in [4.78, 5) is 8.11. The molecule has 0 atom stereocenters. The van der Waals surface area contributed by atoms with E-state index in [1.165, 1.54) is 6.39 Å². The van der Waals surface area contributed by atoms with Gasteiger partial charge in [-0.05, 0) is 12.1 Å². The van der Waals surface area contributed by atoms with Crippen LogP contribution < -0.4 is 5.73 Å². The smallest absolute Gasteiger partial charge is 0.181 e. The van der Waals surface area contributed by atoms with Crippen molar-refractivity contribution in [2.75, 3.05) is 0 Å². The highest BCUT2D eigenvalue weighted by atomic mass is 16.3. The Morgan fingerprint density at radius 1 is 1.38 bits per heavy atom. The third-order valence-corrected chi connectivity index (χ3v) is 1.75. The van der Waals surface area contributed by atoms with E-state index in [1.807, 2.05) is 12.1 Å². The first-order chi connectivity index (χ1) is 6.40. The van der Waals surface area contributed by atoms with E-state index in [9.17, 15) is 0 Å². The first-order valence-electron chi connectivity index (χ1n) is 3.93. The van der Waals surface area contributed by atoms with Gasteiger partial charge in [-0.3, -0.25) is 4.98 Å². The van der Waals surface area contributed by atoms with Gasteiger partial charge in [0, 0.05) is 18.3 Å². The van der Waals surface area contributed by atoms with Crippen molar-refractivity contribution in [3.63, 3.8) is 0 Å². The van der Waals surface area contributed by atoms with Crippen LogP contribution in [0, 0.1) is 0 Å². The molecule has 0 spiro atoms. The number of hydrogen-bond donors (Lipinski definition) is 1. The van der Waals surface area contributed by atoms with E-state index in [0.717, 1.165) is 17.0 Å². The van der Waals surface area contributed by atoms with Crippen LogP contribution in [0.4, 0.5) is 0 Å². The number of aromatic nitrogens is 2. The van der Waals surface area contributed by atoms with Gasteiger partial charge >= 0.3 is 0 Å². The van der Waals surface area contributed by atoms with Crippen LogP contribution >= 0.6 is 0 Å². The van der Waals surface area contributed by atoms with Crippen LogP contribution in [-0.2, 0) is 6.54 Å². The van der Waals surface area contributed by atoms with E-state index in [1.54, 1.807) is 12.5 Å². The second-order valence-corrected chi connectivity index (χ2v) is 2.61. The van der Waals surface area contributed by atoms with E-state index < -0.39 is 0 Å². The third kappa shape index (κ3) is 1.57. The van der Waals surface area contributed by atoms with Gasteiger partial charge in [0.05, 0.1) is 5.69 Å². The van der Waals surface area contributed by atoms with E-state index >= 15 is 0 Å². The van der Waals surface area contributed by atoms with E-state index in [4.69, 9.17) is 10.2 Å². The van der Waals surface area contributed by atoms with Crippen LogP contribution in [0.1, 0.15) is 5.69 Å². The van der Waals surface area contributed by atoms with Crippen LogP contribution in [0.3, 0.4) is 0 Å².